The molecule has 1 unspecified atom stereocenters. The standard InChI is InChI=1S/C23H19F5N4O/c1-4-17(14-6-5-7-16(13(14)2)23(26,27)28)30-20-15-11-32(22(8-9-22)21(24)25)19(33)10-18(15)31(3)12-29-20/h1,5-7,10-12,17,21H,8-9H2,2-3H3/b30-20-. The van der Waals surface area contributed by atoms with Gasteiger partial charge in [0.25, 0.3) is 12.0 Å². The lowest BCUT2D eigenvalue weighted by atomic mass is 9.97. The average molecular weight is 462 g/mol. The fraction of sp³-hybridized carbons (Fsp3) is 0.348. The average Bonchev–Trinajstić information content (AvgIpc) is 3.55. The summed E-state index contributed by atoms with van der Waals surface area (Å²) in [6, 6.07) is 3.77. The third-order valence-corrected chi connectivity index (χ3v) is 6.04. The highest BCUT2D eigenvalue weighted by Crippen LogP contribution is 2.47. The van der Waals surface area contributed by atoms with Gasteiger partial charge in [-0.25, -0.2) is 18.8 Å². The second kappa shape index (κ2) is 7.83. The van der Waals surface area contributed by atoms with Crippen LogP contribution in [0.3, 0.4) is 0 Å². The first-order valence-electron chi connectivity index (χ1n) is 10.0. The van der Waals surface area contributed by atoms with Gasteiger partial charge >= 0.3 is 6.18 Å². The topological polar surface area (TPSA) is 52.2 Å². The molecule has 2 heterocycles. The molecule has 2 aromatic heterocycles. The number of aryl methyl sites for hydroxylation is 1. The summed E-state index contributed by atoms with van der Waals surface area (Å²) in [5, 5.41) is 0.288. The monoisotopic (exact) mass is 462 g/mol. The van der Waals surface area contributed by atoms with Gasteiger partial charge in [-0.15, -0.1) is 6.42 Å². The molecule has 1 aliphatic carbocycles. The lowest BCUT2D eigenvalue weighted by Crippen LogP contribution is -2.35. The molecule has 0 saturated heterocycles. The number of nitrogens with zero attached hydrogens (tertiary/aromatic N) is 4. The van der Waals surface area contributed by atoms with Crippen LogP contribution in [0.2, 0.25) is 0 Å². The van der Waals surface area contributed by atoms with Crippen molar-refractivity contribution in [2.75, 3.05) is 0 Å². The molecule has 0 bridgehead atoms. The molecule has 0 aliphatic heterocycles. The van der Waals surface area contributed by atoms with Gasteiger partial charge in [0.1, 0.15) is 11.6 Å². The van der Waals surface area contributed by atoms with Gasteiger partial charge in [-0.1, -0.05) is 18.1 Å². The minimum atomic E-state index is -4.56. The van der Waals surface area contributed by atoms with Gasteiger partial charge < -0.3 is 9.13 Å². The minimum Gasteiger partial charge on any atom is -0.335 e. The molecule has 33 heavy (non-hydrogen) atoms. The van der Waals surface area contributed by atoms with E-state index in [-0.39, 0.29) is 34.8 Å². The van der Waals surface area contributed by atoms with Crippen molar-refractivity contribution in [1.29, 1.82) is 0 Å². The second-order valence-corrected chi connectivity index (χ2v) is 8.08. The lowest BCUT2D eigenvalue weighted by Gasteiger charge is -2.19. The van der Waals surface area contributed by atoms with Crippen LogP contribution >= 0.6 is 0 Å². The predicted molar refractivity (Wildman–Crippen MR) is 112 cm³/mol. The number of rotatable bonds is 4. The molecule has 1 aromatic carbocycles. The van der Waals surface area contributed by atoms with E-state index in [2.05, 4.69) is 15.9 Å². The van der Waals surface area contributed by atoms with E-state index in [0.717, 1.165) is 10.6 Å². The normalized spacial score (nSPS) is 16.8. The van der Waals surface area contributed by atoms with E-state index in [1.807, 2.05) is 0 Å². The number of alkyl halides is 5. The predicted octanol–water partition coefficient (Wildman–Crippen LogP) is 4.09. The zero-order valence-corrected chi connectivity index (χ0v) is 17.7. The molecule has 5 nitrogen and oxygen atoms in total. The molecule has 3 aromatic rings. The highest BCUT2D eigenvalue weighted by molar-refractivity contribution is 5.76. The summed E-state index contributed by atoms with van der Waals surface area (Å²) < 4.78 is 69.9. The molecule has 1 fully saturated rings. The first-order valence-corrected chi connectivity index (χ1v) is 10.0. The highest BCUT2D eigenvalue weighted by Gasteiger charge is 2.53. The Kier molecular flexibility index (Phi) is 5.39. The summed E-state index contributed by atoms with van der Waals surface area (Å²) >= 11 is 0. The van der Waals surface area contributed by atoms with Gasteiger partial charge in [0, 0.05) is 19.3 Å². The van der Waals surface area contributed by atoms with Crippen LogP contribution < -0.4 is 11.0 Å². The Labute approximate surface area is 185 Å². The quantitative estimate of drug-likeness (QED) is 0.433. The van der Waals surface area contributed by atoms with Crippen LogP contribution in [0, 0.1) is 19.3 Å². The molecule has 1 atom stereocenters. The van der Waals surface area contributed by atoms with Gasteiger partial charge in [-0.05, 0) is 37.0 Å². The molecule has 0 radical (unpaired) electrons. The highest BCUT2D eigenvalue weighted by atomic mass is 19.4. The maximum atomic E-state index is 13.7. The van der Waals surface area contributed by atoms with Crippen molar-refractivity contribution in [2.45, 2.75) is 43.9 Å². The van der Waals surface area contributed by atoms with Gasteiger partial charge in [-0.3, -0.25) is 4.79 Å². The Morgan fingerprint density at radius 1 is 1.27 bits per heavy atom. The van der Waals surface area contributed by atoms with E-state index in [1.165, 1.54) is 42.2 Å². The van der Waals surface area contributed by atoms with E-state index in [1.54, 1.807) is 7.05 Å². The Morgan fingerprint density at radius 3 is 2.55 bits per heavy atom. The van der Waals surface area contributed by atoms with Gasteiger partial charge in [-0.2, -0.15) is 13.2 Å². The Balaban J connectivity index is 1.95. The molecule has 0 N–H and O–H groups in total. The molecular formula is C23H19F5N4O. The summed E-state index contributed by atoms with van der Waals surface area (Å²) in [5.74, 6) is 2.38. The summed E-state index contributed by atoms with van der Waals surface area (Å²) in [4.78, 5) is 21.2. The molecule has 1 aliphatic rings. The maximum Gasteiger partial charge on any atom is 0.416 e. The third kappa shape index (κ3) is 3.81. The van der Waals surface area contributed by atoms with Crippen molar-refractivity contribution in [1.82, 2.24) is 14.1 Å². The Morgan fingerprint density at radius 2 is 1.97 bits per heavy atom. The molecule has 172 valence electrons. The van der Waals surface area contributed by atoms with Crippen LogP contribution in [0.25, 0.3) is 10.9 Å². The number of fused-ring (bicyclic) bond motifs is 1. The Bertz CT molecular complexity index is 1410. The molecular weight excluding hydrogens is 443 g/mol. The number of hydrogen-bond donors (Lipinski definition) is 0. The maximum absolute atomic E-state index is 13.7. The molecule has 10 heteroatoms. The number of pyridine rings is 1. The van der Waals surface area contributed by atoms with Crippen molar-refractivity contribution in [3.63, 3.8) is 0 Å². The first kappa shape index (κ1) is 22.7. The SMILES string of the molecule is C#CC(/N=c1\ncn(C)c2cc(=O)n(C3(C(F)F)CC3)cc12)c1cccc(C(F)(F)F)c1C. The van der Waals surface area contributed by atoms with Crippen molar-refractivity contribution < 1.29 is 22.0 Å². The molecule has 0 spiro atoms. The smallest absolute Gasteiger partial charge is 0.335 e. The number of aromatic nitrogens is 3. The summed E-state index contributed by atoms with van der Waals surface area (Å²) in [5.41, 5.74) is -2.44. The van der Waals surface area contributed by atoms with E-state index >= 15 is 0 Å². The molecule has 4 rings (SSSR count). The number of hydrogen-bond acceptors (Lipinski definition) is 3. The molecule has 0 amide bonds. The van der Waals surface area contributed by atoms with Gasteiger partial charge in [0.05, 0.1) is 22.8 Å². The van der Waals surface area contributed by atoms with Crippen molar-refractivity contribution in [3.05, 3.63) is 69.3 Å². The fourth-order valence-electron chi connectivity index (χ4n) is 3.98. The van der Waals surface area contributed by atoms with E-state index < -0.39 is 35.3 Å². The zero-order valence-electron chi connectivity index (χ0n) is 17.7. The second-order valence-electron chi connectivity index (χ2n) is 8.08. The van der Waals surface area contributed by atoms with E-state index in [9.17, 15) is 26.7 Å². The van der Waals surface area contributed by atoms with Crippen LogP contribution in [0.1, 0.15) is 35.6 Å². The van der Waals surface area contributed by atoms with Crippen LogP contribution in [-0.2, 0) is 18.8 Å². The van der Waals surface area contributed by atoms with Crippen molar-refractivity contribution >= 4 is 10.9 Å². The van der Waals surface area contributed by atoms with E-state index in [0.29, 0.717) is 5.52 Å². The summed E-state index contributed by atoms with van der Waals surface area (Å²) in [6.45, 7) is 1.31. The largest absolute Gasteiger partial charge is 0.416 e. The zero-order chi connectivity index (χ0) is 24.1. The minimum absolute atomic E-state index is 0.0432. The van der Waals surface area contributed by atoms with Crippen LogP contribution in [0.15, 0.2) is 46.6 Å². The summed E-state index contributed by atoms with van der Waals surface area (Å²) in [6.07, 6.45) is 1.30. The number of halogens is 5. The van der Waals surface area contributed by atoms with Crippen LogP contribution in [-0.4, -0.2) is 20.5 Å². The van der Waals surface area contributed by atoms with Crippen LogP contribution in [0.4, 0.5) is 22.0 Å². The van der Waals surface area contributed by atoms with E-state index in [4.69, 9.17) is 6.42 Å². The number of terminal acetylenes is 1. The van der Waals surface area contributed by atoms with Gasteiger partial charge in [0.15, 0.2) is 5.49 Å². The summed E-state index contributed by atoms with van der Waals surface area (Å²) in [7, 11) is 1.62. The number of benzene rings is 1. The van der Waals surface area contributed by atoms with Crippen molar-refractivity contribution in [2.24, 2.45) is 12.0 Å². The molecule has 1 saturated carbocycles. The third-order valence-electron chi connectivity index (χ3n) is 6.04. The van der Waals surface area contributed by atoms with Crippen molar-refractivity contribution in [3.8, 4) is 12.3 Å². The fourth-order valence-corrected chi connectivity index (χ4v) is 3.98. The van der Waals surface area contributed by atoms with Crippen LogP contribution in [0.5, 0.6) is 0 Å². The van der Waals surface area contributed by atoms with Gasteiger partial charge in [0.2, 0.25) is 0 Å². The first-order chi connectivity index (χ1) is 15.5. The Hall–Kier alpha value is -3.48. The lowest BCUT2D eigenvalue weighted by molar-refractivity contribution is -0.138.